The number of Topliss-reactive ketones (excluding diaryl/α,β-unsaturated/α-hetero) is 6. The molecule has 0 aliphatic heterocycles. The Balaban J connectivity index is 1.93. The molecule has 0 saturated heterocycles. The average Bonchev–Trinajstić information content (AvgIpc) is 0.933. The first-order valence-electron chi connectivity index (χ1n) is 32.0. The summed E-state index contributed by atoms with van der Waals surface area (Å²) >= 11 is 0. The number of aliphatic hydroxyl groups is 4. The zero-order valence-electron chi connectivity index (χ0n) is 56.4. The number of aromatic nitrogens is 4. The Kier molecular flexibility index (Phi) is 32.8. The van der Waals surface area contributed by atoms with Gasteiger partial charge in [0.25, 0.3) is 0 Å². The van der Waals surface area contributed by atoms with E-state index in [1.54, 1.807) is 27.8 Å². The van der Waals surface area contributed by atoms with Crippen molar-refractivity contribution in [3.05, 3.63) is 71.3 Å². The van der Waals surface area contributed by atoms with E-state index in [-0.39, 0.29) is 60.4 Å². The van der Waals surface area contributed by atoms with Gasteiger partial charge in [-0.3, -0.25) is 57.5 Å². The number of carbonyl (C=O) groups excluding carboxylic acids is 12. The van der Waals surface area contributed by atoms with Crippen molar-refractivity contribution in [2.24, 2.45) is 40.9 Å². The van der Waals surface area contributed by atoms with E-state index in [1.165, 1.54) is 77.2 Å². The first-order valence-corrected chi connectivity index (χ1v) is 32.0. The molecule has 29 heteroatoms. The number of likely N-dealkylation sites (N-methyl/N-ethyl adjacent to an activating group) is 1. The number of benzene rings is 2. The molecule has 0 bridgehead atoms. The molecule has 13 N–H and O–H groups in total. The highest BCUT2D eigenvalue weighted by molar-refractivity contribution is 6.00. The summed E-state index contributed by atoms with van der Waals surface area (Å²) in [4.78, 5) is 166. The summed E-state index contributed by atoms with van der Waals surface area (Å²) in [7, 11) is 3.02. The number of nitrogens with zero attached hydrogens (tertiary/aromatic N) is 3. The number of amides is 6. The Morgan fingerprint density at radius 1 is 0.632 bits per heavy atom. The summed E-state index contributed by atoms with van der Waals surface area (Å²) in [6.45, 7) is 13.4. The maximum atomic E-state index is 15.3. The number of hydrogen-bond donors (Lipinski definition) is 13. The molecular formula is C66H98FN11O17. The Morgan fingerprint density at radius 3 is 1.77 bits per heavy atom. The minimum atomic E-state index is -1.99. The smallest absolute Gasteiger partial charge is 0.227 e. The fourth-order valence-corrected chi connectivity index (χ4v) is 10.8. The average molecular weight is 1340 g/mol. The summed E-state index contributed by atoms with van der Waals surface area (Å²) < 4.78 is 15.3. The molecule has 6 amide bonds. The lowest BCUT2D eigenvalue weighted by Crippen LogP contribution is -2.55. The van der Waals surface area contributed by atoms with E-state index in [0.29, 0.717) is 18.4 Å². The SMILES string of the molecule is CC[C@@H](C)[C@@H](CC(=O)[C@H](CO)NC(=O)[C@@H](CC(=O)[C@H](Cc1nn[nH]n1)NC(=O)[C@H](CO)CC(=O)[C@@H](NC(=O)[C@@](C)(CC(=O)[C@@H](NC(=O)CCC(=O)[C@H](C)NC)[C@@H](C)O)Cc1ccccc1F)[C@@H](C)O)Cc1ccc(O)cc1)C(=O)NC(C)(C)C(=O)C[C@@H](CC(C)C)C(=O)NC. The van der Waals surface area contributed by atoms with Crippen molar-refractivity contribution < 1.29 is 87.5 Å². The number of H-pyrrole nitrogens is 1. The topological polar surface area (TPSA) is 445 Å². The maximum absolute atomic E-state index is 15.3. The van der Waals surface area contributed by atoms with Crippen LogP contribution in [0.1, 0.15) is 144 Å². The number of halogens is 1. The van der Waals surface area contributed by atoms with Crippen LogP contribution in [0, 0.1) is 46.7 Å². The van der Waals surface area contributed by atoms with Gasteiger partial charge in [-0.15, -0.1) is 10.2 Å². The third-order valence-electron chi connectivity index (χ3n) is 17.1. The first-order chi connectivity index (χ1) is 44.5. The van der Waals surface area contributed by atoms with Crippen molar-refractivity contribution >= 4 is 70.1 Å². The van der Waals surface area contributed by atoms with Crippen molar-refractivity contribution in [3.63, 3.8) is 0 Å². The van der Waals surface area contributed by atoms with Crippen LogP contribution in [0.15, 0.2) is 48.5 Å². The van der Waals surface area contributed by atoms with E-state index in [1.807, 2.05) is 13.8 Å². The molecule has 0 spiro atoms. The van der Waals surface area contributed by atoms with Crippen LogP contribution in [0.25, 0.3) is 0 Å². The standard InChI is InChI=1S/C66H98FN11O17/c1-13-36(4)46(63(94)74-65(8,9)55(89)28-42(24-35(2)3)60(91)69-12)29-52(86)49(34-80)71-61(92)43(25-40-18-20-45(83)21-19-40)26-51(85)48(30-56-75-77-78-76-56)70-62(93)44(33-79)27-53(87)58(38(6)81)73-64(95)66(10,31-41-16-14-15-17-47(41)67)32-54(88)59(39(7)82)72-57(90)23-22-50(84)37(5)68-11/h14-21,35-39,42-44,46,48-49,58-59,68,79-83H,13,22-34H2,1-12H3,(H,69,91)(H,70,93)(H,71,92)(H,72,90)(H,73,95)(H,74,94)(H,75,76,77,78)/t36-,37+,38-,39-,42-,43-,44+,46-,48+,49+,58+,59+,66-/m1/s1. The molecule has 0 saturated carbocycles. The van der Waals surface area contributed by atoms with E-state index in [2.05, 4.69) is 57.8 Å². The highest BCUT2D eigenvalue weighted by atomic mass is 19.1. The Hall–Kier alpha value is -8.12. The first kappa shape index (κ1) is 81.1. The number of nitrogens with one attached hydrogen (secondary N) is 8. The molecule has 95 heavy (non-hydrogen) atoms. The summed E-state index contributed by atoms with van der Waals surface area (Å²) in [6.07, 6.45) is -7.36. The molecule has 0 aliphatic rings. The van der Waals surface area contributed by atoms with Gasteiger partial charge in [0.2, 0.25) is 35.4 Å². The van der Waals surface area contributed by atoms with Gasteiger partial charge in [-0.2, -0.15) is 5.21 Å². The summed E-state index contributed by atoms with van der Waals surface area (Å²) in [5.74, 6) is -15.5. The predicted octanol–water partition coefficient (Wildman–Crippen LogP) is 0.715. The Morgan fingerprint density at radius 2 is 1.22 bits per heavy atom. The van der Waals surface area contributed by atoms with Crippen LogP contribution in [-0.2, 0) is 76.8 Å². The summed E-state index contributed by atoms with van der Waals surface area (Å²) in [5, 5.41) is 84.5. The summed E-state index contributed by atoms with van der Waals surface area (Å²) in [6, 6.07) is 3.50. The number of aliphatic hydroxyl groups excluding tert-OH is 4. The fraction of sp³-hybridized carbons (Fsp3) is 0.621. The molecule has 3 aromatic rings. The highest BCUT2D eigenvalue weighted by Gasteiger charge is 2.44. The third-order valence-corrected chi connectivity index (χ3v) is 17.1. The number of rotatable bonds is 44. The van der Waals surface area contributed by atoms with Crippen LogP contribution < -0.4 is 37.2 Å². The number of phenolic OH excluding ortho intramolecular Hbond substituents is 1. The minimum Gasteiger partial charge on any atom is -0.508 e. The molecule has 0 unspecified atom stereocenters. The third kappa shape index (κ3) is 25.5. The number of tetrazole rings is 1. The molecule has 2 aromatic carbocycles. The zero-order valence-corrected chi connectivity index (χ0v) is 56.4. The van der Waals surface area contributed by atoms with E-state index in [9.17, 15) is 83.1 Å². The molecule has 0 aliphatic carbocycles. The lowest BCUT2D eigenvalue weighted by Gasteiger charge is -2.33. The molecule has 3 rings (SSSR count). The van der Waals surface area contributed by atoms with Crippen molar-refractivity contribution in [2.45, 2.75) is 194 Å². The van der Waals surface area contributed by atoms with Gasteiger partial charge in [-0.25, -0.2) is 4.39 Å². The number of aromatic hydroxyl groups is 1. The molecule has 0 fully saturated rings. The largest absolute Gasteiger partial charge is 0.508 e. The number of aromatic amines is 1. The second-order valence-corrected chi connectivity index (χ2v) is 25.9. The normalized spacial score (nSPS) is 16.1. The maximum Gasteiger partial charge on any atom is 0.227 e. The molecule has 0 radical (unpaired) electrons. The molecule has 28 nitrogen and oxygen atoms in total. The van der Waals surface area contributed by atoms with Crippen LogP contribution >= 0.6 is 0 Å². The molecular weight excluding hydrogens is 1240 g/mol. The second-order valence-electron chi connectivity index (χ2n) is 25.9. The Labute approximate surface area is 553 Å². The van der Waals surface area contributed by atoms with Crippen molar-refractivity contribution in [3.8, 4) is 5.75 Å². The van der Waals surface area contributed by atoms with Gasteiger partial charge in [0, 0.05) is 76.2 Å². The van der Waals surface area contributed by atoms with E-state index in [4.69, 9.17) is 0 Å². The number of phenols is 1. The number of ketones is 6. The number of carbonyl (C=O) groups is 12. The van der Waals surface area contributed by atoms with Crippen LogP contribution in [0.4, 0.5) is 4.39 Å². The van der Waals surface area contributed by atoms with Gasteiger partial charge >= 0.3 is 0 Å². The van der Waals surface area contributed by atoms with Gasteiger partial charge in [0.15, 0.2) is 34.7 Å². The van der Waals surface area contributed by atoms with E-state index in [0.717, 1.165) is 13.0 Å². The van der Waals surface area contributed by atoms with Crippen LogP contribution in [0.2, 0.25) is 0 Å². The van der Waals surface area contributed by atoms with Crippen molar-refractivity contribution in [1.82, 2.24) is 57.8 Å². The monoisotopic (exact) mass is 1340 g/mol. The highest BCUT2D eigenvalue weighted by Crippen LogP contribution is 2.31. The van der Waals surface area contributed by atoms with Crippen molar-refractivity contribution in [1.29, 1.82) is 0 Å². The van der Waals surface area contributed by atoms with Gasteiger partial charge in [-0.1, -0.05) is 76.6 Å². The quantitative estimate of drug-likeness (QED) is 0.0371. The van der Waals surface area contributed by atoms with Gasteiger partial charge in [0.1, 0.15) is 35.5 Å². The molecule has 13 atom stereocenters. The van der Waals surface area contributed by atoms with E-state index < -0.39 is 199 Å². The van der Waals surface area contributed by atoms with Gasteiger partial charge in [0.05, 0.1) is 54.4 Å². The molecule has 526 valence electrons. The predicted molar refractivity (Wildman–Crippen MR) is 343 cm³/mol. The second kappa shape index (κ2) is 38.4. The lowest BCUT2D eigenvalue weighted by molar-refractivity contribution is -0.141. The zero-order chi connectivity index (χ0) is 71.7. The molecule has 1 aromatic heterocycles. The van der Waals surface area contributed by atoms with Crippen LogP contribution in [0.5, 0.6) is 5.75 Å². The number of hydrogen-bond acceptors (Lipinski definition) is 21. The van der Waals surface area contributed by atoms with Crippen LogP contribution in [0.3, 0.4) is 0 Å². The Bertz CT molecular complexity index is 3110. The minimum absolute atomic E-state index is 0.0555. The van der Waals surface area contributed by atoms with Crippen molar-refractivity contribution in [2.75, 3.05) is 27.3 Å². The van der Waals surface area contributed by atoms with Gasteiger partial charge in [-0.05, 0) is 102 Å². The van der Waals surface area contributed by atoms with Gasteiger partial charge < -0.3 is 62.8 Å². The molecule has 1 heterocycles. The lowest BCUT2D eigenvalue weighted by atomic mass is 9.76. The van der Waals surface area contributed by atoms with E-state index >= 15 is 4.39 Å². The summed E-state index contributed by atoms with van der Waals surface area (Å²) in [5.41, 5.74) is -3.12. The van der Waals surface area contributed by atoms with Crippen LogP contribution in [-0.4, -0.2) is 192 Å². The fourth-order valence-electron chi connectivity index (χ4n) is 10.8.